The van der Waals surface area contributed by atoms with E-state index in [-0.39, 0.29) is 23.6 Å². The van der Waals surface area contributed by atoms with Gasteiger partial charge in [0.15, 0.2) is 11.6 Å². The van der Waals surface area contributed by atoms with E-state index in [4.69, 9.17) is 4.74 Å². The summed E-state index contributed by atoms with van der Waals surface area (Å²) in [6.45, 7) is -0.399. The minimum atomic E-state index is -0.491. The molecule has 6 heteroatoms. The van der Waals surface area contributed by atoms with E-state index in [1.165, 1.54) is 0 Å². The summed E-state index contributed by atoms with van der Waals surface area (Å²) in [6, 6.07) is 22.7. The summed E-state index contributed by atoms with van der Waals surface area (Å²) in [5.41, 5.74) is 2.21. The van der Waals surface area contributed by atoms with Crippen LogP contribution in [-0.4, -0.2) is 27.7 Å². The van der Waals surface area contributed by atoms with Crippen molar-refractivity contribution in [2.45, 2.75) is 6.42 Å². The fourth-order valence-corrected chi connectivity index (χ4v) is 3.20. The molecule has 1 heterocycles. The van der Waals surface area contributed by atoms with Crippen LogP contribution in [0.2, 0.25) is 0 Å². The highest BCUT2D eigenvalue weighted by molar-refractivity contribution is 5.89. The number of aromatic nitrogens is 2. The molecule has 0 saturated carbocycles. The van der Waals surface area contributed by atoms with E-state index in [9.17, 15) is 15.2 Å². The van der Waals surface area contributed by atoms with Gasteiger partial charge in [0.2, 0.25) is 0 Å². The number of aromatic amines is 1. The van der Waals surface area contributed by atoms with Gasteiger partial charge in [-0.3, -0.25) is 4.79 Å². The predicted molar refractivity (Wildman–Crippen MR) is 110 cm³/mol. The number of nitrogens with zero attached hydrogens (tertiary/aromatic N) is 2. The second kappa shape index (κ2) is 7.87. The van der Waals surface area contributed by atoms with Crippen LogP contribution in [0.3, 0.4) is 0 Å². The van der Waals surface area contributed by atoms with Crippen LogP contribution in [0.5, 0.6) is 0 Å². The molecule has 1 aromatic heterocycles. The molecule has 0 amide bonds. The van der Waals surface area contributed by atoms with E-state index in [0.29, 0.717) is 5.52 Å². The van der Waals surface area contributed by atoms with E-state index in [0.717, 1.165) is 21.9 Å². The van der Waals surface area contributed by atoms with Crippen molar-refractivity contribution in [3.63, 3.8) is 0 Å². The van der Waals surface area contributed by atoms with Gasteiger partial charge >= 0.3 is 5.97 Å². The number of rotatable bonds is 5. The molecule has 29 heavy (non-hydrogen) atoms. The molecule has 3 aromatic carbocycles. The number of hydrogen-bond donors (Lipinski definition) is 2. The molecule has 0 spiro atoms. The standard InChI is InChI=1S/C23H17N3O3/c24-13-18(23-25-19-10-3-4-11-20(19)26-23)21(27)14-29-22(28)12-16-8-5-7-15-6-1-2-9-17(15)16/h1-11,27H,12,14H2,(H,25,26)/b21-18-. The Balaban J connectivity index is 1.49. The Hall–Kier alpha value is -4.11. The van der Waals surface area contributed by atoms with E-state index in [2.05, 4.69) is 9.97 Å². The molecule has 0 radical (unpaired) electrons. The van der Waals surface area contributed by atoms with Crippen molar-refractivity contribution in [3.05, 3.63) is 83.9 Å². The number of imidazole rings is 1. The average Bonchev–Trinajstić information content (AvgIpc) is 3.17. The van der Waals surface area contributed by atoms with Crippen molar-refractivity contribution in [1.82, 2.24) is 9.97 Å². The van der Waals surface area contributed by atoms with Gasteiger partial charge in [0.05, 0.1) is 17.5 Å². The van der Waals surface area contributed by atoms with Gasteiger partial charge in [-0.2, -0.15) is 5.26 Å². The highest BCUT2D eigenvalue weighted by atomic mass is 16.5. The fourth-order valence-electron chi connectivity index (χ4n) is 3.20. The maximum Gasteiger partial charge on any atom is 0.310 e. The lowest BCUT2D eigenvalue weighted by atomic mass is 10.0. The van der Waals surface area contributed by atoms with Crippen LogP contribution < -0.4 is 0 Å². The van der Waals surface area contributed by atoms with Gasteiger partial charge in [-0.05, 0) is 28.5 Å². The maximum atomic E-state index is 12.3. The summed E-state index contributed by atoms with van der Waals surface area (Å²) >= 11 is 0. The molecule has 0 saturated heterocycles. The van der Waals surface area contributed by atoms with Crippen LogP contribution in [0.15, 0.2) is 72.5 Å². The summed E-state index contributed by atoms with van der Waals surface area (Å²) in [5.74, 6) is -0.607. The number of para-hydroxylation sites is 2. The normalized spacial score (nSPS) is 11.8. The Morgan fingerprint density at radius 2 is 1.83 bits per heavy atom. The lowest BCUT2D eigenvalue weighted by Crippen LogP contribution is -2.11. The number of nitriles is 1. The van der Waals surface area contributed by atoms with Crippen LogP contribution in [-0.2, 0) is 16.0 Å². The van der Waals surface area contributed by atoms with E-state index in [1.807, 2.05) is 66.7 Å². The minimum absolute atomic E-state index is 0.0563. The SMILES string of the molecule is N#C/C(=C(/O)COC(=O)Cc1cccc2ccccc12)c1nc2ccccc2[nH]1. The van der Waals surface area contributed by atoms with Crippen molar-refractivity contribution in [3.8, 4) is 6.07 Å². The molecule has 4 aromatic rings. The number of carbonyl (C=O) groups excluding carboxylic acids is 1. The number of fused-ring (bicyclic) bond motifs is 2. The van der Waals surface area contributed by atoms with Crippen LogP contribution in [0.1, 0.15) is 11.4 Å². The van der Waals surface area contributed by atoms with Crippen molar-refractivity contribution >= 4 is 33.3 Å². The fraction of sp³-hybridized carbons (Fsp3) is 0.0870. The molecule has 0 unspecified atom stereocenters. The highest BCUT2D eigenvalue weighted by Crippen LogP contribution is 2.21. The molecule has 0 aliphatic carbocycles. The predicted octanol–water partition coefficient (Wildman–Crippen LogP) is 4.29. The lowest BCUT2D eigenvalue weighted by molar-refractivity contribution is -0.142. The van der Waals surface area contributed by atoms with E-state index >= 15 is 0 Å². The summed E-state index contributed by atoms with van der Waals surface area (Å²) in [6.07, 6.45) is 0.0706. The Bertz CT molecular complexity index is 1240. The summed E-state index contributed by atoms with van der Waals surface area (Å²) < 4.78 is 5.20. The molecule has 0 aliphatic heterocycles. The van der Waals surface area contributed by atoms with Crippen molar-refractivity contribution in [2.24, 2.45) is 0 Å². The first-order valence-electron chi connectivity index (χ1n) is 9.05. The molecular formula is C23H17N3O3. The molecule has 0 fully saturated rings. The number of carbonyl (C=O) groups is 1. The van der Waals surface area contributed by atoms with E-state index in [1.54, 1.807) is 6.07 Å². The van der Waals surface area contributed by atoms with Crippen LogP contribution in [0, 0.1) is 11.3 Å². The zero-order valence-electron chi connectivity index (χ0n) is 15.4. The topological polar surface area (TPSA) is 99.0 Å². The largest absolute Gasteiger partial charge is 0.507 e. The van der Waals surface area contributed by atoms with Gasteiger partial charge in [-0.1, -0.05) is 54.6 Å². The number of nitrogens with one attached hydrogen (secondary N) is 1. The third-order valence-corrected chi connectivity index (χ3v) is 4.61. The number of hydrogen-bond acceptors (Lipinski definition) is 5. The van der Waals surface area contributed by atoms with Crippen LogP contribution >= 0.6 is 0 Å². The van der Waals surface area contributed by atoms with Crippen molar-refractivity contribution in [1.29, 1.82) is 5.26 Å². The minimum Gasteiger partial charge on any atom is -0.507 e. The van der Waals surface area contributed by atoms with Crippen LogP contribution in [0.25, 0.3) is 27.4 Å². The first kappa shape index (κ1) is 18.3. The Kier molecular flexibility index (Phi) is 4.95. The second-order valence-electron chi connectivity index (χ2n) is 6.51. The first-order valence-corrected chi connectivity index (χ1v) is 9.05. The van der Waals surface area contributed by atoms with Gasteiger partial charge in [-0.25, -0.2) is 4.98 Å². The molecule has 0 bridgehead atoms. The van der Waals surface area contributed by atoms with Crippen molar-refractivity contribution < 1.29 is 14.6 Å². The Labute approximate surface area is 166 Å². The number of benzene rings is 3. The summed E-state index contributed by atoms with van der Waals surface area (Å²) in [5, 5.41) is 21.7. The third-order valence-electron chi connectivity index (χ3n) is 4.61. The molecule has 0 aliphatic rings. The Morgan fingerprint density at radius 3 is 2.66 bits per heavy atom. The number of allylic oxidation sites excluding steroid dienone is 1. The summed E-state index contributed by atoms with van der Waals surface area (Å²) in [7, 11) is 0. The Morgan fingerprint density at radius 1 is 1.07 bits per heavy atom. The molecule has 2 N–H and O–H groups in total. The number of aliphatic hydroxyl groups excluding tert-OH is 1. The highest BCUT2D eigenvalue weighted by Gasteiger charge is 2.15. The second-order valence-corrected chi connectivity index (χ2v) is 6.51. The molecule has 142 valence electrons. The first-order chi connectivity index (χ1) is 14.2. The summed E-state index contributed by atoms with van der Waals surface area (Å²) in [4.78, 5) is 19.6. The van der Waals surface area contributed by atoms with Gasteiger partial charge < -0.3 is 14.8 Å². The van der Waals surface area contributed by atoms with Gasteiger partial charge in [0.25, 0.3) is 0 Å². The van der Waals surface area contributed by atoms with Gasteiger partial charge in [-0.15, -0.1) is 0 Å². The molecule has 6 nitrogen and oxygen atoms in total. The average molecular weight is 383 g/mol. The molecule has 0 atom stereocenters. The number of aliphatic hydroxyl groups is 1. The van der Waals surface area contributed by atoms with E-state index < -0.39 is 12.6 Å². The van der Waals surface area contributed by atoms with Gasteiger partial charge in [0, 0.05) is 0 Å². The third kappa shape index (κ3) is 3.80. The van der Waals surface area contributed by atoms with Crippen LogP contribution in [0.4, 0.5) is 0 Å². The van der Waals surface area contributed by atoms with Crippen molar-refractivity contribution in [2.75, 3.05) is 6.61 Å². The number of H-pyrrole nitrogens is 1. The zero-order chi connectivity index (χ0) is 20.2. The number of esters is 1. The smallest absolute Gasteiger partial charge is 0.310 e. The quantitative estimate of drug-likeness (QED) is 0.304. The van der Waals surface area contributed by atoms with Gasteiger partial charge in [0.1, 0.15) is 18.2 Å². The monoisotopic (exact) mass is 383 g/mol. The molecule has 4 rings (SSSR count). The number of ether oxygens (including phenoxy) is 1. The lowest BCUT2D eigenvalue weighted by Gasteiger charge is -2.08. The molecular weight excluding hydrogens is 366 g/mol. The zero-order valence-corrected chi connectivity index (χ0v) is 15.4. The maximum absolute atomic E-state index is 12.3.